The van der Waals surface area contributed by atoms with Gasteiger partial charge < -0.3 is 0 Å². The maximum absolute atomic E-state index is 9.80. The van der Waals surface area contributed by atoms with Crippen LogP contribution < -0.4 is 0 Å². The number of nitrogens with zero attached hydrogens (tertiary/aromatic N) is 3. The molecule has 0 bridgehead atoms. The first kappa shape index (κ1) is 30.0. The van der Waals surface area contributed by atoms with Crippen molar-refractivity contribution in [2.24, 2.45) is 0 Å². The Kier molecular flexibility index (Phi) is 7.44. The van der Waals surface area contributed by atoms with E-state index in [1.807, 2.05) is 12.1 Å². The number of benzene rings is 6. The highest BCUT2D eigenvalue weighted by molar-refractivity contribution is 5.90. The molecular weight excluding hydrogens is 607 g/mol. The zero-order valence-corrected chi connectivity index (χ0v) is 27.8. The van der Waals surface area contributed by atoms with E-state index in [1.165, 1.54) is 41.5 Å². The predicted octanol–water partition coefficient (Wildman–Crippen LogP) is 11.9. The van der Waals surface area contributed by atoms with Gasteiger partial charge in [-0.1, -0.05) is 147 Å². The molecular formula is C47H35N3. The van der Waals surface area contributed by atoms with Gasteiger partial charge in [-0.25, -0.2) is 9.97 Å². The van der Waals surface area contributed by atoms with Crippen molar-refractivity contribution < 1.29 is 0 Å². The summed E-state index contributed by atoms with van der Waals surface area (Å²) in [5, 5.41) is 9.80. The minimum absolute atomic E-state index is 0.0119. The van der Waals surface area contributed by atoms with Gasteiger partial charge in [-0.2, -0.15) is 5.26 Å². The zero-order chi connectivity index (χ0) is 33.5. The number of hydrogen-bond donors (Lipinski definition) is 0. The van der Waals surface area contributed by atoms with Crippen LogP contribution in [0.3, 0.4) is 0 Å². The summed E-state index contributed by atoms with van der Waals surface area (Å²) in [4.78, 5) is 10.6. The lowest BCUT2D eigenvalue weighted by Crippen LogP contribution is -2.28. The van der Waals surface area contributed by atoms with Gasteiger partial charge in [0.05, 0.1) is 23.0 Å². The summed E-state index contributed by atoms with van der Waals surface area (Å²) in [6.45, 7) is 0. The maximum Gasteiger partial charge on any atom is 0.161 e. The number of nitriles is 1. The second-order valence-corrected chi connectivity index (χ2v) is 13.6. The van der Waals surface area contributed by atoms with Crippen LogP contribution >= 0.6 is 0 Å². The maximum atomic E-state index is 9.80. The summed E-state index contributed by atoms with van der Waals surface area (Å²) in [7, 11) is 0. The summed E-state index contributed by atoms with van der Waals surface area (Å²) in [5.41, 5.74) is 15.4. The molecule has 3 heteroatoms. The van der Waals surface area contributed by atoms with E-state index < -0.39 is 0 Å². The van der Waals surface area contributed by atoms with Crippen molar-refractivity contribution in [3.05, 3.63) is 168 Å². The average Bonchev–Trinajstić information content (AvgIpc) is 3.45. The molecule has 0 atom stereocenters. The van der Waals surface area contributed by atoms with Crippen molar-refractivity contribution in [1.29, 1.82) is 5.26 Å². The minimum Gasteiger partial charge on any atom is -0.228 e. The fourth-order valence-corrected chi connectivity index (χ4v) is 8.40. The number of hydrogen-bond acceptors (Lipinski definition) is 3. The van der Waals surface area contributed by atoms with E-state index >= 15 is 0 Å². The smallest absolute Gasteiger partial charge is 0.161 e. The lowest BCUT2D eigenvalue weighted by atomic mass is 9.67. The number of rotatable bonds is 5. The molecule has 0 radical (unpaired) electrons. The van der Waals surface area contributed by atoms with E-state index in [1.54, 1.807) is 0 Å². The Labute approximate surface area is 293 Å². The molecule has 9 rings (SSSR count). The molecule has 3 nitrogen and oxygen atoms in total. The van der Waals surface area contributed by atoms with Crippen LogP contribution in [0.1, 0.15) is 48.8 Å². The Morgan fingerprint density at radius 3 is 1.78 bits per heavy atom. The van der Waals surface area contributed by atoms with Crippen LogP contribution in [0.25, 0.3) is 67.3 Å². The molecule has 2 aliphatic carbocycles. The van der Waals surface area contributed by atoms with Gasteiger partial charge in [0.2, 0.25) is 0 Å². The molecule has 0 amide bonds. The van der Waals surface area contributed by atoms with Crippen LogP contribution in [0.15, 0.2) is 152 Å². The average molecular weight is 642 g/mol. The predicted molar refractivity (Wildman–Crippen MR) is 203 cm³/mol. The topological polar surface area (TPSA) is 49.6 Å². The molecule has 2 aliphatic rings. The van der Waals surface area contributed by atoms with Crippen LogP contribution in [-0.2, 0) is 5.41 Å². The summed E-state index contributed by atoms with van der Waals surface area (Å²) in [6.07, 6.45) is 5.96. The lowest BCUT2D eigenvalue weighted by Gasteiger charge is -2.36. The van der Waals surface area contributed by atoms with E-state index in [0.717, 1.165) is 68.7 Å². The Bertz CT molecular complexity index is 2410. The molecule has 1 fully saturated rings. The molecule has 0 unspecified atom stereocenters. The Hall–Kier alpha value is -6.11. The van der Waals surface area contributed by atoms with Crippen LogP contribution in [0.5, 0.6) is 0 Å². The summed E-state index contributed by atoms with van der Waals surface area (Å²) < 4.78 is 0. The molecule has 7 aromatic rings. The number of aromatic nitrogens is 2. The van der Waals surface area contributed by atoms with Crippen LogP contribution in [-0.4, -0.2) is 9.97 Å². The fourth-order valence-electron chi connectivity index (χ4n) is 8.40. The fraction of sp³-hybridized carbons (Fsp3) is 0.128. The van der Waals surface area contributed by atoms with Crippen LogP contribution in [0.2, 0.25) is 0 Å². The molecule has 238 valence electrons. The zero-order valence-electron chi connectivity index (χ0n) is 27.8. The molecule has 0 N–H and O–H groups in total. The standard InChI is InChI=1S/C47H35N3/c48-31-32-22-24-38-41-29-35(23-25-42(41)47(43(38)28-32)26-12-3-13-27-47)37-19-9-11-21-40(37)46-49-44(34-16-6-2-7-17-34)30-45(50-46)39-20-10-8-18-36(39)33-14-4-1-5-15-33/h1-2,4-11,14-25,28-30H,3,12-13,26-27H2. The van der Waals surface area contributed by atoms with Gasteiger partial charge >= 0.3 is 0 Å². The van der Waals surface area contributed by atoms with E-state index in [0.29, 0.717) is 5.82 Å². The van der Waals surface area contributed by atoms with Crippen molar-refractivity contribution in [3.63, 3.8) is 0 Å². The third-order valence-electron chi connectivity index (χ3n) is 10.8. The molecule has 50 heavy (non-hydrogen) atoms. The molecule has 0 aliphatic heterocycles. The van der Waals surface area contributed by atoms with Gasteiger partial charge in [0, 0.05) is 22.1 Å². The van der Waals surface area contributed by atoms with E-state index in [9.17, 15) is 5.26 Å². The van der Waals surface area contributed by atoms with Gasteiger partial charge in [-0.05, 0) is 81.6 Å². The normalized spacial score (nSPS) is 14.1. The van der Waals surface area contributed by atoms with Gasteiger partial charge in [0.25, 0.3) is 0 Å². The second kappa shape index (κ2) is 12.4. The largest absolute Gasteiger partial charge is 0.228 e. The third kappa shape index (κ3) is 5.04. The van der Waals surface area contributed by atoms with E-state index in [4.69, 9.17) is 9.97 Å². The van der Waals surface area contributed by atoms with Crippen molar-refractivity contribution >= 4 is 0 Å². The van der Waals surface area contributed by atoms with Crippen molar-refractivity contribution in [2.75, 3.05) is 0 Å². The molecule has 1 heterocycles. The summed E-state index contributed by atoms with van der Waals surface area (Å²) >= 11 is 0. The highest BCUT2D eigenvalue weighted by atomic mass is 14.9. The first-order valence-corrected chi connectivity index (χ1v) is 17.6. The monoisotopic (exact) mass is 641 g/mol. The lowest BCUT2D eigenvalue weighted by molar-refractivity contribution is 0.353. The van der Waals surface area contributed by atoms with E-state index in [2.05, 4.69) is 146 Å². The molecule has 1 saturated carbocycles. The molecule has 0 saturated heterocycles. The van der Waals surface area contributed by atoms with E-state index in [-0.39, 0.29) is 5.41 Å². The van der Waals surface area contributed by atoms with Crippen molar-refractivity contribution in [3.8, 4) is 73.4 Å². The first-order valence-electron chi connectivity index (χ1n) is 17.6. The van der Waals surface area contributed by atoms with Crippen molar-refractivity contribution in [1.82, 2.24) is 9.97 Å². The minimum atomic E-state index is -0.0119. The molecule has 1 spiro atoms. The first-order chi connectivity index (χ1) is 24.7. The summed E-state index contributed by atoms with van der Waals surface area (Å²) in [5.74, 6) is 0.697. The van der Waals surface area contributed by atoms with Crippen LogP contribution in [0.4, 0.5) is 0 Å². The molecule has 6 aromatic carbocycles. The SMILES string of the molecule is N#Cc1ccc2c(c1)C1(CCCCC1)c1ccc(-c3ccccc3-c3nc(-c4ccccc4)cc(-c4ccccc4-c4ccccc4)n3)cc1-2. The third-order valence-corrected chi connectivity index (χ3v) is 10.8. The molecule has 1 aromatic heterocycles. The van der Waals surface area contributed by atoms with Gasteiger partial charge in [0.1, 0.15) is 0 Å². The highest BCUT2D eigenvalue weighted by Crippen LogP contribution is 2.56. The summed E-state index contributed by atoms with van der Waals surface area (Å²) in [6, 6.07) is 55.8. The van der Waals surface area contributed by atoms with Gasteiger partial charge in [0.15, 0.2) is 5.82 Å². The second-order valence-electron chi connectivity index (χ2n) is 13.6. The quantitative estimate of drug-likeness (QED) is 0.188. The van der Waals surface area contributed by atoms with Gasteiger partial charge in [-0.15, -0.1) is 0 Å². The highest BCUT2D eigenvalue weighted by Gasteiger charge is 2.44. The Morgan fingerprint density at radius 2 is 1.06 bits per heavy atom. The Balaban J connectivity index is 1.22. The number of fused-ring (bicyclic) bond motifs is 5. The van der Waals surface area contributed by atoms with Gasteiger partial charge in [-0.3, -0.25) is 0 Å². The van der Waals surface area contributed by atoms with Crippen LogP contribution in [0, 0.1) is 11.3 Å². The Morgan fingerprint density at radius 1 is 0.440 bits per heavy atom. The van der Waals surface area contributed by atoms with Crippen molar-refractivity contribution in [2.45, 2.75) is 37.5 Å².